The van der Waals surface area contributed by atoms with Crippen molar-refractivity contribution in [1.29, 1.82) is 0 Å². The molecule has 2 unspecified atom stereocenters. The van der Waals surface area contributed by atoms with E-state index in [1.165, 1.54) is 13.0 Å². The van der Waals surface area contributed by atoms with Crippen molar-refractivity contribution in [3.63, 3.8) is 0 Å². The summed E-state index contributed by atoms with van der Waals surface area (Å²) in [6, 6.07) is 3.20. The summed E-state index contributed by atoms with van der Waals surface area (Å²) in [4.78, 5) is 12.0. The fraction of sp³-hybridized carbons (Fsp3) is 0.500. The molecule has 0 amide bonds. The number of alkyl halides is 1. The lowest BCUT2D eigenvalue weighted by atomic mass is 9.82. The molecule has 0 bridgehead atoms. The molecule has 0 aliphatic rings. The van der Waals surface area contributed by atoms with Gasteiger partial charge in [-0.25, -0.2) is 13.2 Å². The highest BCUT2D eigenvalue weighted by Gasteiger charge is 2.41. The van der Waals surface area contributed by atoms with Crippen molar-refractivity contribution in [2.45, 2.75) is 38.5 Å². The Labute approximate surface area is 115 Å². The molecule has 20 heavy (non-hydrogen) atoms. The maximum absolute atomic E-state index is 13.8. The number of halogens is 3. The van der Waals surface area contributed by atoms with Gasteiger partial charge in [-0.1, -0.05) is 13.0 Å². The average Bonchev–Trinajstić information content (AvgIpc) is 2.38. The van der Waals surface area contributed by atoms with Gasteiger partial charge in [0.25, 0.3) is 0 Å². The Morgan fingerprint density at radius 2 is 1.95 bits per heavy atom. The quantitative estimate of drug-likeness (QED) is 0.819. The molecule has 0 heterocycles. The molecule has 1 aromatic rings. The standard InChI is InChI=1S/C14H18F3NO2/c1-3-5-11(17)20-13(19)14(2,8-18)12-9(15)6-4-7-10(12)16/h4,6-7,11H,3,5,8,18H2,1-2H3. The van der Waals surface area contributed by atoms with E-state index in [4.69, 9.17) is 5.73 Å². The summed E-state index contributed by atoms with van der Waals surface area (Å²) >= 11 is 0. The van der Waals surface area contributed by atoms with Crippen LogP contribution in [0.1, 0.15) is 32.3 Å². The lowest BCUT2D eigenvalue weighted by molar-refractivity contribution is -0.164. The average molecular weight is 289 g/mol. The fourth-order valence-electron chi connectivity index (χ4n) is 1.84. The Bertz CT molecular complexity index is 461. The van der Waals surface area contributed by atoms with E-state index in [2.05, 4.69) is 4.74 Å². The van der Waals surface area contributed by atoms with Gasteiger partial charge < -0.3 is 10.5 Å². The van der Waals surface area contributed by atoms with E-state index in [0.29, 0.717) is 6.42 Å². The highest BCUT2D eigenvalue weighted by atomic mass is 19.1. The summed E-state index contributed by atoms with van der Waals surface area (Å²) in [7, 11) is 0. The van der Waals surface area contributed by atoms with Crippen LogP contribution in [0, 0.1) is 11.6 Å². The van der Waals surface area contributed by atoms with Crippen LogP contribution in [0.2, 0.25) is 0 Å². The minimum Gasteiger partial charge on any atom is -0.430 e. The Hall–Kier alpha value is -1.56. The monoisotopic (exact) mass is 289 g/mol. The van der Waals surface area contributed by atoms with E-state index in [-0.39, 0.29) is 6.42 Å². The number of hydrogen-bond acceptors (Lipinski definition) is 3. The lowest BCUT2D eigenvalue weighted by Crippen LogP contribution is -2.44. The summed E-state index contributed by atoms with van der Waals surface area (Å²) in [6.45, 7) is 2.55. The third kappa shape index (κ3) is 3.30. The van der Waals surface area contributed by atoms with Crippen molar-refractivity contribution >= 4 is 5.97 Å². The number of ether oxygens (including phenoxy) is 1. The summed E-state index contributed by atoms with van der Waals surface area (Å²) in [6.07, 6.45) is -1.32. The molecule has 2 N–H and O–H groups in total. The zero-order valence-electron chi connectivity index (χ0n) is 11.5. The molecule has 0 saturated carbocycles. The van der Waals surface area contributed by atoms with E-state index in [9.17, 15) is 18.0 Å². The van der Waals surface area contributed by atoms with E-state index in [0.717, 1.165) is 12.1 Å². The molecule has 112 valence electrons. The highest BCUT2D eigenvalue weighted by Crippen LogP contribution is 2.30. The lowest BCUT2D eigenvalue weighted by Gasteiger charge is -2.27. The van der Waals surface area contributed by atoms with E-state index >= 15 is 0 Å². The second-order valence-electron chi connectivity index (χ2n) is 4.74. The molecule has 6 heteroatoms. The van der Waals surface area contributed by atoms with Crippen LogP contribution in [0.15, 0.2) is 18.2 Å². The first kappa shape index (κ1) is 16.5. The normalized spacial score (nSPS) is 15.5. The molecule has 1 rings (SSSR count). The minimum atomic E-state index is -1.81. The van der Waals surface area contributed by atoms with Crippen LogP contribution in [-0.2, 0) is 14.9 Å². The van der Waals surface area contributed by atoms with Crippen LogP contribution in [0.25, 0.3) is 0 Å². The largest absolute Gasteiger partial charge is 0.430 e. The Morgan fingerprint density at radius 1 is 1.40 bits per heavy atom. The van der Waals surface area contributed by atoms with Crippen molar-refractivity contribution < 1.29 is 22.7 Å². The van der Waals surface area contributed by atoms with Crippen molar-refractivity contribution in [2.75, 3.05) is 6.54 Å². The van der Waals surface area contributed by atoms with Gasteiger partial charge in [0.2, 0.25) is 6.36 Å². The number of carbonyl (C=O) groups excluding carboxylic acids is 1. The first-order valence-electron chi connectivity index (χ1n) is 6.36. The first-order valence-corrected chi connectivity index (χ1v) is 6.36. The van der Waals surface area contributed by atoms with Crippen LogP contribution in [-0.4, -0.2) is 18.9 Å². The molecular formula is C14H18F3NO2. The zero-order valence-corrected chi connectivity index (χ0v) is 11.5. The van der Waals surface area contributed by atoms with Gasteiger partial charge in [0.1, 0.15) is 17.0 Å². The summed E-state index contributed by atoms with van der Waals surface area (Å²) in [5, 5.41) is 0. The summed E-state index contributed by atoms with van der Waals surface area (Å²) < 4.78 is 45.5. The molecule has 0 saturated heterocycles. The molecule has 2 atom stereocenters. The topological polar surface area (TPSA) is 52.3 Å². The second kappa shape index (κ2) is 6.74. The molecule has 0 aliphatic heterocycles. The van der Waals surface area contributed by atoms with Gasteiger partial charge in [-0.15, -0.1) is 0 Å². The SMILES string of the molecule is CCCC(F)OC(=O)C(C)(CN)c1c(F)cccc1F. The van der Waals surface area contributed by atoms with Gasteiger partial charge in [-0.05, 0) is 25.5 Å². The first-order chi connectivity index (χ1) is 9.36. The van der Waals surface area contributed by atoms with Gasteiger partial charge in [0.05, 0.1) is 0 Å². The van der Waals surface area contributed by atoms with Crippen molar-refractivity contribution in [3.8, 4) is 0 Å². The predicted octanol–water partition coefficient (Wildman–Crippen LogP) is 2.82. The van der Waals surface area contributed by atoms with E-state index in [1.807, 2.05) is 0 Å². The van der Waals surface area contributed by atoms with Crippen LogP contribution in [0.5, 0.6) is 0 Å². The van der Waals surface area contributed by atoms with Crippen molar-refractivity contribution in [1.82, 2.24) is 0 Å². The van der Waals surface area contributed by atoms with E-state index in [1.54, 1.807) is 6.92 Å². The number of nitrogens with two attached hydrogens (primary N) is 1. The van der Waals surface area contributed by atoms with Gasteiger partial charge in [0.15, 0.2) is 0 Å². The van der Waals surface area contributed by atoms with E-state index < -0.39 is 41.5 Å². The third-order valence-corrected chi connectivity index (χ3v) is 3.12. The molecule has 0 spiro atoms. The van der Waals surface area contributed by atoms with Crippen molar-refractivity contribution in [2.24, 2.45) is 5.73 Å². The molecule has 1 aromatic carbocycles. The maximum Gasteiger partial charge on any atom is 0.320 e. The summed E-state index contributed by atoms with van der Waals surface area (Å²) in [5.74, 6) is -2.91. The van der Waals surface area contributed by atoms with Gasteiger partial charge in [-0.2, -0.15) is 0 Å². The third-order valence-electron chi connectivity index (χ3n) is 3.12. The Kier molecular flexibility index (Phi) is 5.56. The van der Waals surface area contributed by atoms with Crippen LogP contribution in [0.3, 0.4) is 0 Å². The summed E-state index contributed by atoms with van der Waals surface area (Å²) in [5.41, 5.74) is 3.20. The van der Waals surface area contributed by atoms with Crippen LogP contribution >= 0.6 is 0 Å². The molecular weight excluding hydrogens is 271 g/mol. The maximum atomic E-state index is 13.8. The van der Waals surface area contributed by atoms with Crippen LogP contribution < -0.4 is 5.73 Å². The molecule has 0 aliphatic carbocycles. The molecule has 0 fully saturated rings. The predicted molar refractivity (Wildman–Crippen MR) is 68.7 cm³/mol. The molecule has 0 aromatic heterocycles. The van der Waals surface area contributed by atoms with Gasteiger partial charge >= 0.3 is 5.97 Å². The second-order valence-corrected chi connectivity index (χ2v) is 4.74. The van der Waals surface area contributed by atoms with Gasteiger partial charge in [-0.3, -0.25) is 4.79 Å². The fourth-order valence-corrected chi connectivity index (χ4v) is 1.84. The molecule has 0 radical (unpaired) electrons. The van der Waals surface area contributed by atoms with Gasteiger partial charge in [0, 0.05) is 18.5 Å². The number of benzene rings is 1. The zero-order chi connectivity index (χ0) is 15.3. The van der Waals surface area contributed by atoms with Crippen LogP contribution in [0.4, 0.5) is 13.2 Å². The number of rotatable bonds is 6. The Balaban J connectivity index is 3.11. The smallest absolute Gasteiger partial charge is 0.320 e. The Morgan fingerprint density at radius 3 is 2.40 bits per heavy atom. The molecule has 3 nitrogen and oxygen atoms in total. The number of hydrogen-bond donors (Lipinski definition) is 1. The highest BCUT2D eigenvalue weighted by molar-refractivity contribution is 5.83. The van der Waals surface area contributed by atoms with Crippen molar-refractivity contribution in [3.05, 3.63) is 35.4 Å². The number of esters is 1. The minimum absolute atomic E-state index is 0.0200. The number of carbonyl (C=O) groups is 1.